The predicted molar refractivity (Wildman–Crippen MR) is 119 cm³/mol. The largest absolute Gasteiger partial charge is 0.493 e. The molecule has 0 spiro atoms. The minimum Gasteiger partial charge on any atom is -0.493 e. The van der Waals surface area contributed by atoms with Gasteiger partial charge in [-0.25, -0.2) is 0 Å². The average Bonchev–Trinajstić information content (AvgIpc) is 2.76. The van der Waals surface area contributed by atoms with Crippen molar-refractivity contribution < 1.29 is 14.3 Å². The number of carbonyl (C=O) groups excluding carboxylic acids is 1. The second-order valence-corrected chi connectivity index (χ2v) is 7.01. The van der Waals surface area contributed by atoms with Crippen LogP contribution in [0.3, 0.4) is 0 Å². The fraction of sp³-hybridized carbons (Fsp3) is 0.269. The summed E-state index contributed by atoms with van der Waals surface area (Å²) >= 11 is 0. The number of ketones is 1. The molecule has 0 heterocycles. The topological polar surface area (TPSA) is 35.5 Å². The molecular formula is C26H28O3. The molecule has 3 heteroatoms. The smallest absolute Gasteiger partial charge is 0.160 e. The van der Waals surface area contributed by atoms with Crippen LogP contribution in [0, 0.1) is 0 Å². The van der Waals surface area contributed by atoms with Gasteiger partial charge in [-0.15, -0.1) is 0 Å². The van der Waals surface area contributed by atoms with Crippen LogP contribution >= 0.6 is 0 Å². The van der Waals surface area contributed by atoms with E-state index in [1.807, 2.05) is 66.7 Å². The fourth-order valence-corrected chi connectivity index (χ4v) is 3.31. The fourth-order valence-electron chi connectivity index (χ4n) is 3.31. The predicted octanol–water partition coefficient (Wildman–Crippen LogP) is 6.80. The maximum atomic E-state index is 12.5. The molecule has 0 amide bonds. The lowest BCUT2D eigenvalue weighted by Gasteiger charge is -2.16. The van der Waals surface area contributed by atoms with Gasteiger partial charge in [0, 0.05) is 16.7 Å². The Morgan fingerprint density at radius 3 is 1.86 bits per heavy atom. The molecule has 0 atom stereocenters. The summed E-state index contributed by atoms with van der Waals surface area (Å²) in [5.74, 6) is 1.67. The van der Waals surface area contributed by atoms with Gasteiger partial charge in [0.25, 0.3) is 0 Å². The molecule has 0 bridgehead atoms. The highest BCUT2D eigenvalue weighted by Gasteiger charge is 2.16. The summed E-state index contributed by atoms with van der Waals surface area (Å²) in [6, 6.07) is 21.9. The Hall–Kier alpha value is -3.07. The van der Waals surface area contributed by atoms with Crippen LogP contribution in [-0.4, -0.2) is 19.0 Å². The Morgan fingerprint density at radius 1 is 0.724 bits per heavy atom. The molecule has 3 rings (SSSR count). The first-order valence-corrected chi connectivity index (χ1v) is 10.2. The number of hydrogen-bond donors (Lipinski definition) is 0. The summed E-state index contributed by atoms with van der Waals surface area (Å²) < 4.78 is 11.8. The van der Waals surface area contributed by atoms with E-state index in [0.29, 0.717) is 18.8 Å². The van der Waals surface area contributed by atoms with E-state index >= 15 is 0 Å². The highest BCUT2D eigenvalue weighted by atomic mass is 16.5. The number of rotatable bonds is 9. The van der Waals surface area contributed by atoms with Crippen LogP contribution < -0.4 is 9.47 Å². The normalized spacial score (nSPS) is 10.6. The standard InChI is InChI=1S/C26H28O3/c1-4-16-28-25-12-8-6-10-21(25)20-14-15-22(24(18-20)19(3)27)23-11-7-9-13-26(23)29-17-5-2/h6-15,18H,4-5,16-17H2,1-3H3. The lowest BCUT2D eigenvalue weighted by molar-refractivity contribution is 0.101. The molecule has 0 aromatic heterocycles. The van der Waals surface area contributed by atoms with Crippen molar-refractivity contribution in [3.05, 3.63) is 72.3 Å². The minimum atomic E-state index is 0.0269. The summed E-state index contributed by atoms with van der Waals surface area (Å²) in [7, 11) is 0. The zero-order valence-corrected chi connectivity index (χ0v) is 17.4. The van der Waals surface area contributed by atoms with E-state index in [2.05, 4.69) is 13.8 Å². The second kappa shape index (κ2) is 9.92. The van der Waals surface area contributed by atoms with Gasteiger partial charge in [-0.05, 0) is 49.1 Å². The molecule has 0 aliphatic heterocycles. The highest BCUT2D eigenvalue weighted by Crippen LogP contribution is 2.37. The number of ether oxygens (including phenoxy) is 2. The van der Waals surface area contributed by atoms with E-state index in [-0.39, 0.29) is 5.78 Å². The molecule has 3 nitrogen and oxygen atoms in total. The first-order valence-electron chi connectivity index (χ1n) is 10.2. The maximum absolute atomic E-state index is 12.5. The molecule has 3 aromatic carbocycles. The van der Waals surface area contributed by atoms with Crippen molar-refractivity contribution in [2.75, 3.05) is 13.2 Å². The van der Waals surface area contributed by atoms with Gasteiger partial charge in [-0.1, -0.05) is 62.4 Å². The van der Waals surface area contributed by atoms with Crippen molar-refractivity contribution in [3.63, 3.8) is 0 Å². The van der Waals surface area contributed by atoms with Gasteiger partial charge < -0.3 is 9.47 Å². The van der Waals surface area contributed by atoms with Crippen molar-refractivity contribution in [1.82, 2.24) is 0 Å². The van der Waals surface area contributed by atoms with Crippen molar-refractivity contribution in [1.29, 1.82) is 0 Å². The molecule has 0 radical (unpaired) electrons. The Balaban J connectivity index is 2.08. The number of para-hydroxylation sites is 2. The van der Waals surface area contributed by atoms with E-state index in [0.717, 1.165) is 46.6 Å². The number of benzene rings is 3. The minimum absolute atomic E-state index is 0.0269. The third-order valence-electron chi connectivity index (χ3n) is 4.70. The van der Waals surface area contributed by atoms with Gasteiger partial charge in [0.1, 0.15) is 11.5 Å². The summed E-state index contributed by atoms with van der Waals surface area (Å²) in [5.41, 5.74) is 4.47. The molecule has 0 aliphatic carbocycles. The quantitative estimate of drug-likeness (QED) is 0.378. The van der Waals surface area contributed by atoms with Crippen LogP contribution in [0.5, 0.6) is 11.5 Å². The van der Waals surface area contributed by atoms with Gasteiger partial charge in [0.2, 0.25) is 0 Å². The molecule has 0 fully saturated rings. The summed E-state index contributed by atoms with van der Waals surface area (Å²) in [5, 5.41) is 0. The van der Waals surface area contributed by atoms with Crippen LogP contribution in [0.2, 0.25) is 0 Å². The average molecular weight is 389 g/mol. The Morgan fingerprint density at radius 2 is 1.28 bits per heavy atom. The third kappa shape index (κ3) is 4.86. The lowest BCUT2D eigenvalue weighted by Crippen LogP contribution is -2.01. The number of carbonyl (C=O) groups is 1. The molecule has 0 aliphatic rings. The highest BCUT2D eigenvalue weighted by molar-refractivity contribution is 6.02. The van der Waals surface area contributed by atoms with Crippen molar-refractivity contribution in [2.24, 2.45) is 0 Å². The zero-order chi connectivity index (χ0) is 20.6. The van der Waals surface area contributed by atoms with Crippen molar-refractivity contribution >= 4 is 5.78 Å². The van der Waals surface area contributed by atoms with Crippen LogP contribution in [0.15, 0.2) is 66.7 Å². The summed E-state index contributed by atoms with van der Waals surface area (Å²) in [4.78, 5) is 12.5. The van der Waals surface area contributed by atoms with Gasteiger partial charge in [0.05, 0.1) is 13.2 Å². The van der Waals surface area contributed by atoms with Crippen LogP contribution in [-0.2, 0) is 0 Å². The van der Waals surface area contributed by atoms with Crippen molar-refractivity contribution in [2.45, 2.75) is 33.6 Å². The molecule has 29 heavy (non-hydrogen) atoms. The molecule has 0 N–H and O–H groups in total. The molecular weight excluding hydrogens is 360 g/mol. The summed E-state index contributed by atoms with van der Waals surface area (Å²) in [6.45, 7) is 7.08. The van der Waals surface area contributed by atoms with Crippen molar-refractivity contribution in [3.8, 4) is 33.8 Å². The first kappa shape index (κ1) is 20.7. The van der Waals surface area contributed by atoms with E-state index in [9.17, 15) is 4.79 Å². The van der Waals surface area contributed by atoms with Gasteiger partial charge in [-0.3, -0.25) is 4.79 Å². The third-order valence-corrected chi connectivity index (χ3v) is 4.70. The first-order chi connectivity index (χ1) is 14.2. The molecule has 3 aromatic rings. The van der Waals surface area contributed by atoms with Crippen LogP contribution in [0.4, 0.5) is 0 Å². The van der Waals surface area contributed by atoms with Crippen LogP contribution in [0.25, 0.3) is 22.3 Å². The lowest BCUT2D eigenvalue weighted by atomic mass is 9.92. The van der Waals surface area contributed by atoms with Gasteiger partial charge >= 0.3 is 0 Å². The SMILES string of the molecule is CCCOc1ccccc1-c1ccc(-c2ccccc2OCCC)c(C(C)=O)c1. The maximum Gasteiger partial charge on any atom is 0.160 e. The molecule has 0 unspecified atom stereocenters. The monoisotopic (exact) mass is 388 g/mol. The van der Waals surface area contributed by atoms with Gasteiger partial charge in [-0.2, -0.15) is 0 Å². The van der Waals surface area contributed by atoms with E-state index in [4.69, 9.17) is 9.47 Å². The Kier molecular flexibility index (Phi) is 7.07. The second-order valence-electron chi connectivity index (χ2n) is 7.01. The zero-order valence-electron chi connectivity index (χ0n) is 17.4. The van der Waals surface area contributed by atoms with E-state index < -0.39 is 0 Å². The van der Waals surface area contributed by atoms with Gasteiger partial charge in [0.15, 0.2) is 5.78 Å². The number of Topliss-reactive ketones (excluding diaryl/α,β-unsaturated/α-hetero) is 1. The van der Waals surface area contributed by atoms with E-state index in [1.54, 1.807) is 6.92 Å². The summed E-state index contributed by atoms with van der Waals surface area (Å²) in [6.07, 6.45) is 1.88. The van der Waals surface area contributed by atoms with E-state index in [1.165, 1.54) is 0 Å². The molecule has 0 saturated carbocycles. The Bertz CT molecular complexity index is 975. The molecule has 150 valence electrons. The van der Waals surface area contributed by atoms with Crippen LogP contribution in [0.1, 0.15) is 44.0 Å². The molecule has 0 saturated heterocycles. The number of hydrogen-bond acceptors (Lipinski definition) is 3. The Labute approximate surface area is 173 Å².